The maximum atomic E-state index is 12.4. The summed E-state index contributed by atoms with van der Waals surface area (Å²) in [5, 5.41) is 16.4. The van der Waals surface area contributed by atoms with E-state index in [2.05, 4.69) is 26.6 Å². The van der Waals surface area contributed by atoms with Crippen molar-refractivity contribution in [3.8, 4) is 5.75 Å². The van der Waals surface area contributed by atoms with Crippen molar-refractivity contribution in [3.05, 3.63) is 62.1 Å². The molecule has 0 saturated heterocycles. The van der Waals surface area contributed by atoms with Gasteiger partial charge in [0.1, 0.15) is 5.75 Å². The number of non-ortho nitro benzene ring substituents is 1. The lowest BCUT2D eigenvalue weighted by atomic mass is 10.2. The third-order valence-corrected chi connectivity index (χ3v) is 4.50. The fraction of sp³-hybridized carbons (Fsp3) is 0.263. The molecule has 0 atom stereocenters. The number of nitro groups is 1. The van der Waals surface area contributed by atoms with E-state index < -0.39 is 10.8 Å². The molecule has 0 aliphatic carbocycles. The van der Waals surface area contributed by atoms with Gasteiger partial charge in [0.05, 0.1) is 16.0 Å². The number of benzene rings is 2. The monoisotopic (exact) mass is 465 g/mol. The quantitative estimate of drug-likeness (QED) is 0.360. The summed E-state index contributed by atoms with van der Waals surface area (Å²) in [5.41, 5.74) is 1.54. The van der Waals surface area contributed by atoms with Gasteiger partial charge in [-0.15, -0.1) is 0 Å². The Bertz CT molecular complexity index is 918. The molecule has 0 saturated carbocycles. The molecule has 0 bridgehead atoms. The second-order valence-electron chi connectivity index (χ2n) is 6.51. The van der Waals surface area contributed by atoms with Gasteiger partial charge in [-0.1, -0.05) is 19.9 Å². The van der Waals surface area contributed by atoms with Gasteiger partial charge < -0.3 is 10.1 Å². The fourth-order valence-electron chi connectivity index (χ4n) is 2.20. The van der Waals surface area contributed by atoms with Crippen molar-refractivity contribution in [2.75, 3.05) is 11.9 Å². The smallest absolute Gasteiger partial charge is 0.271 e. The minimum atomic E-state index is -0.493. The van der Waals surface area contributed by atoms with Crippen LogP contribution in [0.4, 0.5) is 11.4 Å². The number of halogens is 1. The number of amides is 1. The van der Waals surface area contributed by atoms with Gasteiger partial charge in [0.15, 0.2) is 5.11 Å². The van der Waals surface area contributed by atoms with E-state index in [9.17, 15) is 14.9 Å². The molecule has 0 aliphatic rings. The number of carbonyl (C=O) groups is 1. The van der Waals surface area contributed by atoms with Crippen LogP contribution in [0.25, 0.3) is 0 Å². The van der Waals surface area contributed by atoms with E-state index in [-0.39, 0.29) is 10.8 Å². The molecule has 2 rings (SSSR count). The molecule has 0 radical (unpaired) electrons. The molecule has 1 amide bonds. The number of hydrogen-bond acceptors (Lipinski definition) is 5. The Morgan fingerprint density at radius 3 is 2.61 bits per heavy atom. The van der Waals surface area contributed by atoms with Gasteiger partial charge in [-0.25, -0.2) is 0 Å². The van der Waals surface area contributed by atoms with Crippen LogP contribution < -0.4 is 15.4 Å². The Labute approximate surface area is 176 Å². The minimum Gasteiger partial charge on any atom is -0.492 e. The summed E-state index contributed by atoms with van der Waals surface area (Å²) in [6, 6.07) is 9.37. The molecule has 9 heteroatoms. The van der Waals surface area contributed by atoms with E-state index in [0.717, 1.165) is 5.56 Å². The van der Waals surface area contributed by atoms with Gasteiger partial charge in [-0.3, -0.25) is 20.2 Å². The highest BCUT2D eigenvalue weighted by molar-refractivity contribution is 9.10. The normalized spacial score (nSPS) is 10.5. The first kappa shape index (κ1) is 21.8. The molecule has 148 valence electrons. The van der Waals surface area contributed by atoms with Gasteiger partial charge in [0.25, 0.3) is 11.6 Å². The number of rotatable bonds is 6. The van der Waals surface area contributed by atoms with Gasteiger partial charge in [0, 0.05) is 23.4 Å². The zero-order chi connectivity index (χ0) is 20.8. The lowest BCUT2D eigenvalue weighted by molar-refractivity contribution is -0.384. The Morgan fingerprint density at radius 2 is 2.00 bits per heavy atom. The highest BCUT2D eigenvalue weighted by Crippen LogP contribution is 2.26. The Morgan fingerprint density at radius 1 is 1.29 bits per heavy atom. The standard InChI is InChI=1S/C19H20BrN3O4S/c1-11(2)10-27-17-7-5-13(8-15(17)20)18(24)22-19(28)21-16-9-14(23(25)26)6-4-12(16)3/h4-9,11H,10H2,1-3H3,(H2,21,22,24,28). The van der Waals surface area contributed by atoms with Crippen molar-refractivity contribution >= 4 is 50.5 Å². The first-order chi connectivity index (χ1) is 13.2. The highest BCUT2D eigenvalue weighted by atomic mass is 79.9. The molecule has 0 heterocycles. The third kappa shape index (κ3) is 6.00. The van der Waals surface area contributed by atoms with Crippen molar-refractivity contribution in [3.63, 3.8) is 0 Å². The number of nitrogens with zero attached hydrogens (tertiary/aromatic N) is 1. The number of anilines is 1. The molecule has 0 aromatic heterocycles. The molecule has 2 N–H and O–H groups in total. The molecule has 0 spiro atoms. The predicted molar refractivity (Wildman–Crippen MR) is 116 cm³/mol. The van der Waals surface area contributed by atoms with Crippen molar-refractivity contribution in [2.24, 2.45) is 5.92 Å². The van der Waals surface area contributed by atoms with Gasteiger partial charge in [0.2, 0.25) is 0 Å². The lowest BCUT2D eigenvalue weighted by Gasteiger charge is -2.13. The average Bonchev–Trinajstić information content (AvgIpc) is 2.62. The fourth-order valence-corrected chi connectivity index (χ4v) is 2.90. The van der Waals surface area contributed by atoms with E-state index >= 15 is 0 Å². The SMILES string of the molecule is Cc1ccc([N+](=O)[O-])cc1NC(=S)NC(=O)c1ccc(OCC(C)C)c(Br)c1. The number of nitro benzene ring substituents is 1. The average molecular weight is 466 g/mol. The van der Waals surface area contributed by atoms with Crippen molar-refractivity contribution in [1.82, 2.24) is 5.32 Å². The highest BCUT2D eigenvalue weighted by Gasteiger charge is 2.13. The van der Waals surface area contributed by atoms with Crippen molar-refractivity contribution < 1.29 is 14.5 Å². The van der Waals surface area contributed by atoms with Crippen LogP contribution in [0.2, 0.25) is 0 Å². The van der Waals surface area contributed by atoms with E-state index in [1.807, 2.05) is 13.8 Å². The van der Waals surface area contributed by atoms with Gasteiger partial charge >= 0.3 is 0 Å². The molecule has 28 heavy (non-hydrogen) atoms. The first-order valence-electron chi connectivity index (χ1n) is 8.47. The summed E-state index contributed by atoms with van der Waals surface area (Å²) in [6.07, 6.45) is 0. The van der Waals surface area contributed by atoms with E-state index in [1.165, 1.54) is 12.1 Å². The van der Waals surface area contributed by atoms with Crippen LogP contribution in [0.1, 0.15) is 29.8 Å². The van der Waals surface area contributed by atoms with E-state index in [4.69, 9.17) is 17.0 Å². The number of aryl methyl sites for hydroxylation is 1. The first-order valence-corrected chi connectivity index (χ1v) is 9.67. The van der Waals surface area contributed by atoms with Crippen molar-refractivity contribution in [2.45, 2.75) is 20.8 Å². The van der Waals surface area contributed by atoms with Crippen LogP contribution in [0, 0.1) is 23.0 Å². The maximum absolute atomic E-state index is 12.4. The van der Waals surface area contributed by atoms with Crippen LogP contribution in [0.3, 0.4) is 0 Å². The molecule has 0 fully saturated rings. The van der Waals surface area contributed by atoms with Crippen LogP contribution in [-0.2, 0) is 0 Å². The zero-order valence-electron chi connectivity index (χ0n) is 15.6. The molecular weight excluding hydrogens is 446 g/mol. The van der Waals surface area contributed by atoms with E-state index in [0.29, 0.717) is 34.0 Å². The third-order valence-electron chi connectivity index (χ3n) is 3.67. The summed E-state index contributed by atoms with van der Waals surface area (Å²) in [7, 11) is 0. The summed E-state index contributed by atoms with van der Waals surface area (Å²) in [6.45, 7) is 6.45. The lowest BCUT2D eigenvalue weighted by Crippen LogP contribution is -2.34. The maximum Gasteiger partial charge on any atom is 0.271 e. The summed E-state index contributed by atoms with van der Waals surface area (Å²) < 4.78 is 6.33. The molecule has 7 nitrogen and oxygen atoms in total. The summed E-state index contributed by atoms with van der Waals surface area (Å²) >= 11 is 8.56. The summed E-state index contributed by atoms with van der Waals surface area (Å²) in [5.74, 6) is 0.630. The second kappa shape index (κ2) is 9.61. The number of ether oxygens (including phenoxy) is 1. The van der Waals surface area contributed by atoms with Gasteiger partial charge in [-0.2, -0.15) is 0 Å². The van der Waals surface area contributed by atoms with Crippen LogP contribution >= 0.6 is 28.1 Å². The molecule has 2 aromatic carbocycles. The van der Waals surface area contributed by atoms with Gasteiger partial charge in [-0.05, 0) is 64.8 Å². The zero-order valence-corrected chi connectivity index (χ0v) is 18.0. The molecule has 0 aliphatic heterocycles. The van der Waals surface area contributed by atoms with Crippen LogP contribution in [0.15, 0.2) is 40.9 Å². The second-order valence-corrected chi connectivity index (χ2v) is 7.78. The van der Waals surface area contributed by atoms with Crippen molar-refractivity contribution in [1.29, 1.82) is 0 Å². The Kier molecular flexibility index (Phi) is 7.47. The summed E-state index contributed by atoms with van der Waals surface area (Å²) in [4.78, 5) is 22.8. The molecule has 0 unspecified atom stereocenters. The Hall–Kier alpha value is -2.52. The number of nitrogens with one attached hydrogen (secondary N) is 2. The largest absolute Gasteiger partial charge is 0.492 e. The van der Waals surface area contributed by atoms with Crippen LogP contribution in [-0.4, -0.2) is 22.5 Å². The van der Waals surface area contributed by atoms with E-state index in [1.54, 1.807) is 31.2 Å². The van der Waals surface area contributed by atoms with Crippen LogP contribution in [0.5, 0.6) is 5.75 Å². The topological polar surface area (TPSA) is 93.5 Å². The number of hydrogen-bond donors (Lipinski definition) is 2. The molecule has 2 aromatic rings. The minimum absolute atomic E-state index is 0.0462. The Balaban J connectivity index is 2.04. The predicted octanol–water partition coefficient (Wildman–Crippen LogP) is 4.83. The number of carbonyl (C=O) groups excluding carboxylic acids is 1. The number of thiocarbonyl (C=S) groups is 1. The molecular formula is C19H20BrN3O4S.